The SMILES string of the molecule is CN(C)C(=O)N1CCC(O)(CCCN2CCN(c3cccc(Cl)c3Cl)CC2)C1. The number of benzene rings is 1. The van der Waals surface area contributed by atoms with Gasteiger partial charge in [-0.2, -0.15) is 0 Å². The zero-order chi connectivity index (χ0) is 20.3. The van der Waals surface area contributed by atoms with Gasteiger partial charge in [0, 0.05) is 46.8 Å². The topological polar surface area (TPSA) is 50.3 Å². The van der Waals surface area contributed by atoms with Crippen LogP contribution in [0, 0.1) is 0 Å². The maximum absolute atomic E-state index is 12.1. The predicted molar refractivity (Wildman–Crippen MR) is 115 cm³/mol. The minimum absolute atomic E-state index is 0.0216. The Morgan fingerprint density at radius 1 is 1.18 bits per heavy atom. The van der Waals surface area contributed by atoms with E-state index in [4.69, 9.17) is 23.2 Å². The first-order valence-corrected chi connectivity index (χ1v) is 10.6. The van der Waals surface area contributed by atoms with Gasteiger partial charge in [0.25, 0.3) is 0 Å². The number of hydrogen-bond donors (Lipinski definition) is 1. The van der Waals surface area contributed by atoms with Crippen molar-refractivity contribution in [1.82, 2.24) is 14.7 Å². The monoisotopic (exact) mass is 428 g/mol. The number of carbonyl (C=O) groups is 1. The van der Waals surface area contributed by atoms with Gasteiger partial charge in [-0.25, -0.2) is 4.79 Å². The molecule has 3 rings (SSSR count). The molecule has 1 unspecified atom stereocenters. The van der Waals surface area contributed by atoms with Crippen LogP contribution in [0.1, 0.15) is 19.3 Å². The van der Waals surface area contributed by atoms with Gasteiger partial charge in [-0.15, -0.1) is 0 Å². The first kappa shape index (κ1) is 21.5. The van der Waals surface area contributed by atoms with Gasteiger partial charge in [0.1, 0.15) is 0 Å². The number of urea groups is 1. The summed E-state index contributed by atoms with van der Waals surface area (Å²) in [4.78, 5) is 20.1. The summed E-state index contributed by atoms with van der Waals surface area (Å²) in [6.45, 7) is 5.78. The fourth-order valence-electron chi connectivity index (χ4n) is 4.09. The van der Waals surface area contributed by atoms with Crippen LogP contribution in [0.15, 0.2) is 18.2 Å². The van der Waals surface area contributed by atoms with Gasteiger partial charge in [0.05, 0.1) is 27.9 Å². The van der Waals surface area contributed by atoms with Crippen molar-refractivity contribution in [2.75, 3.05) is 64.8 Å². The highest BCUT2D eigenvalue weighted by molar-refractivity contribution is 6.43. The van der Waals surface area contributed by atoms with Crippen molar-refractivity contribution < 1.29 is 9.90 Å². The average molecular weight is 429 g/mol. The zero-order valence-corrected chi connectivity index (χ0v) is 18.2. The fourth-order valence-corrected chi connectivity index (χ4v) is 4.50. The molecule has 0 spiro atoms. The third kappa shape index (κ3) is 5.03. The van der Waals surface area contributed by atoms with Gasteiger partial charge in [0.15, 0.2) is 0 Å². The third-order valence-electron chi connectivity index (χ3n) is 5.75. The van der Waals surface area contributed by atoms with Crippen LogP contribution in [0.5, 0.6) is 0 Å². The number of amides is 2. The van der Waals surface area contributed by atoms with Gasteiger partial charge >= 0.3 is 6.03 Å². The number of hydrogen-bond acceptors (Lipinski definition) is 4. The highest BCUT2D eigenvalue weighted by Crippen LogP contribution is 2.33. The molecule has 2 aliphatic rings. The van der Waals surface area contributed by atoms with E-state index in [0.717, 1.165) is 51.3 Å². The number of piperazine rings is 1. The smallest absolute Gasteiger partial charge is 0.319 e. The number of rotatable bonds is 5. The summed E-state index contributed by atoms with van der Waals surface area (Å²) in [7, 11) is 3.49. The Hall–Kier alpha value is -1.21. The lowest BCUT2D eigenvalue weighted by Crippen LogP contribution is -2.47. The molecule has 1 aromatic carbocycles. The summed E-state index contributed by atoms with van der Waals surface area (Å²) in [5.41, 5.74) is 0.252. The number of halogens is 2. The molecule has 2 aliphatic heterocycles. The Bertz CT molecular complexity index is 695. The van der Waals surface area contributed by atoms with Crippen LogP contribution in [0.4, 0.5) is 10.5 Å². The molecule has 1 N–H and O–H groups in total. The highest BCUT2D eigenvalue weighted by atomic mass is 35.5. The molecule has 0 bridgehead atoms. The summed E-state index contributed by atoms with van der Waals surface area (Å²) < 4.78 is 0. The Morgan fingerprint density at radius 3 is 2.57 bits per heavy atom. The van der Waals surface area contributed by atoms with Crippen LogP contribution in [-0.2, 0) is 0 Å². The molecule has 2 fully saturated rings. The summed E-state index contributed by atoms with van der Waals surface area (Å²) in [6, 6.07) is 5.74. The largest absolute Gasteiger partial charge is 0.388 e. The Morgan fingerprint density at radius 2 is 1.89 bits per heavy atom. The molecule has 8 heteroatoms. The Balaban J connectivity index is 1.41. The lowest BCUT2D eigenvalue weighted by molar-refractivity contribution is 0.0374. The summed E-state index contributed by atoms with van der Waals surface area (Å²) in [6.07, 6.45) is 2.32. The molecule has 0 aromatic heterocycles. The van der Waals surface area contributed by atoms with Gasteiger partial charge in [-0.05, 0) is 37.9 Å². The molecule has 1 aromatic rings. The van der Waals surface area contributed by atoms with Crippen molar-refractivity contribution in [1.29, 1.82) is 0 Å². The van der Waals surface area contributed by atoms with E-state index < -0.39 is 5.60 Å². The van der Waals surface area contributed by atoms with Crippen molar-refractivity contribution in [3.8, 4) is 0 Å². The van der Waals surface area contributed by atoms with Crippen molar-refractivity contribution in [3.63, 3.8) is 0 Å². The van der Waals surface area contributed by atoms with E-state index in [1.54, 1.807) is 23.9 Å². The van der Waals surface area contributed by atoms with Crippen molar-refractivity contribution in [2.24, 2.45) is 0 Å². The molecular weight excluding hydrogens is 399 g/mol. The van der Waals surface area contributed by atoms with Crippen LogP contribution in [0.3, 0.4) is 0 Å². The summed E-state index contributed by atoms with van der Waals surface area (Å²) in [5, 5.41) is 12.0. The molecule has 0 saturated carbocycles. The molecule has 2 amide bonds. The second kappa shape index (κ2) is 9.08. The normalized spacial score (nSPS) is 23.3. The molecule has 28 heavy (non-hydrogen) atoms. The van der Waals surface area contributed by atoms with Gasteiger partial charge in [-0.1, -0.05) is 29.3 Å². The van der Waals surface area contributed by atoms with E-state index in [0.29, 0.717) is 29.6 Å². The molecular formula is C20H30Cl2N4O2. The van der Waals surface area contributed by atoms with Crippen LogP contribution in [-0.4, -0.2) is 91.3 Å². The van der Waals surface area contributed by atoms with Gasteiger partial charge < -0.3 is 19.8 Å². The Kier molecular flexibility index (Phi) is 6.97. The number of anilines is 1. The number of carbonyl (C=O) groups excluding carboxylic acids is 1. The van der Waals surface area contributed by atoms with Crippen LogP contribution in [0.25, 0.3) is 0 Å². The second-order valence-corrected chi connectivity index (χ2v) is 8.86. The van der Waals surface area contributed by atoms with Crippen molar-refractivity contribution in [3.05, 3.63) is 28.2 Å². The maximum Gasteiger partial charge on any atom is 0.319 e. The molecule has 0 radical (unpaired) electrons. The van der Waals surface area contributed by atoms with E-state index >= 15 is 0 Å². The minimum atomic E-state index is -0.748. The molecule has 2 saturated heterocycles. The second-order valence-electron chi connectivity index (χ2n) is 8.08. The molecule has 2 heterocycles. The lowest BCUT2D eigenvalue weighted by Gasteiger charge is -2.37. The van der Waals surface area contributed by atoms with E-state index in [-0.39, 0.29) is 6.03 Å². The highest BCUT2D eigenvalue weighted by Gasteiger charge is 2.38. The summed E-state index contributed by atoms with van der Waals surface area (Å²) >= 11 is 12.5. The van der Waals surface area contributed by atoms with E-state index in [2.05, 4.69) is 9.80 Å². The van der Waals surface area contributed by atoms with Gasteiger partial charge in [-0.3, -0.25) is 4.90 Å². The van der Waals surface area contributed by atoms with E-state index in [9.17, 15) is 9.90 Å². The maximum atomic E-state index is 12.1. The standard InChI is InChI=1S/C20H30Cl2N4O2/c1-23(2)19(27)26-10-8-20(28,15-26)7-4-9-24-11-13-25(14-12-24)17-6-3-5-16(21)18(17)22/h3,5-6,28H,4,7-15H2,1-2H3. The lowest BCUT2D eigenvalue weighted by atomic mass is 9.96. The van der Waals surface area contributed by atoms with Gasteiger partial charge in [0.2, 0.25) is 0 Å². The molecule has 156 valence electrons. The quantitative estimate of drug-likeness (QED) is 0.782. The number of aliphatic hydroxyl groups is 1. The first-order chi connectivity index (χ1) is 13.3. The van der Waals surface area contributed by atoms with Crippen LogP contribution in [0.2, 0.25) is 10.0 Å². The predicted octanol–water partition coefficient (Wildman–Crippen LogP) is 3.01. The molecule has 6 nitrogen and oxygen atoms in total. The number of nitrogens with zero attached hydrogens (tertiary/aromatic N) is 4. The van der Waals surface area contributed by atoms with E-state index in [1.807, 2.05) is 18.2 Å². The third-order valence-corrected chi connectivity index (χ3v) is 6.55. The molecule has 1 atom stereocenters. The average Bonchev–Trinajstić information content (AvgIpc) is 3.06. The van der Waals surface area contributed by atoms with Crippen LogP contribution < -0.4 is 4.90 Å². The first-order valence-electron chi connectivity index (χ1n) is 9.89. The zero-order valence-electron chi connectivity index (χ0n) is 16.7. The van der Waals surface area contributed by atoms with Crippen molar-refractivity contribution in [2.45, 2.75) is 24.9 Å². The van der Waals surface area contributed by atoms with Crippen molar-refractivity contribution >= 4 is 34.9 Å². The van der Waals surface area contributed by atoms with E-state index in [1.165, 1.54) is 0 Å². The number of likely N-dealkylation sites (tertiary alicyclic amines) is 1. The fraction of sp³-hybridized carbons (Fsp3) is 0.650. The van der Waals surface area contributed by atoms with Crippen LogP contribution >= 0.6 is 23.2 Å². The number of β-amino-alcohol motifs (C(OH)–C–C–N with tert-alkyl or cyclic N) is 1. The Labute approximate surface area is 177 Å². The summed E-state index contributed by atoms with van der Waals surface area (Å²) in [5.74, 6) is 0. The molecule has 0 aliphatic carbocycles. The minimum Gasteiger partial charge on any atom is -0.388 e.